The number of aliphatic carboxylic acids is 1. The summed E-state index contributed by atoms with van der Waals surface area (Å²) in [4.78, 5) is 63.7. The topological polar surface area (TPSA) is 142 Å². The van der Waals surface area contributed by atoms with E-state index < -0.39 is 60.1 Å². The van der Waals surface area contributed by atoms with Crippen LogP contribution in [-0.2, 0) is 30.5 Å². The third kappa shape index (κ3) is 8.09. The molecule has 1 saturated heterocycles. The fourth-order valence-electron chi connectivity index (χ4n) is 4.56. The van der Waals surface area contributed by atoms with Gasteiger partial charge in [0.15, 0.2) is 0 Å². The number of carboxylic acids is 1. The number of likely N-dealkylation sites (tertiary alicyclic amines) is 1. The van der Waals surface area contributed by atoms with Crippen molar-refractivity contribution in [1.82, 2.24) is 15.5 Å². The predicted molar refractivity (Wildman–Crippen MR) is 143 cm³/mol. The molecule has 1 heterocycles. The Hall–Kier alpha value is -4.35. The quantitative estimate of drug-likeness (QED) is 0.312. The van der Waals surface area contributed by atoms with Crippen molar-refractivity contribution in [3.63, 3.8) is 0 Å². The average molecular weight is 574 g/mol. The largest absolute Gasteiger partial charge is 0.481 e. The van der Waals surface area contributed by atoms with Gasteiger partial charge in [-0.2, -0.15) is 8.78 Å². The SMILES string of the molecule is CCCC(NC(=O)C1CCCN1C(=O)OCc1ccccc1)C(=O)C(F)(F)C(=O)NCC(C(=O)O)c1ccccc1. The number of benzene rings is 2. The van der Waals surface area contributed by atoms with Crippen LogP contribution in [0.2, 0.25) is 0 Å². The maximum absolute atomic E-state index is 15.0. The molecule has 1 aliphatic heterocycles. The highest BCUT2D eigenvalue weighted by Gasteiger charge is 2.51. The minimum atomic E-state index is -4.54. The molecule has 1 aliphatic rings. The number of carbonyl (C=O) groups is 5. The van der Waals surface area contributed by atoms with Gasteiger partial charge in [-0.3, -0.25) is 24.1 Å². The lowest BCUT2D eigenvalue weighted by Crippen LogP contribution is -2.57. The fraction of sp³-hybridized carbons (Fsp3) is 0.414. The van der Waals surface area contributed by atoms with Crippen molar-refractivity contribution in [1.29, 1.82) is 0 Å². The summed E-state index contributed by atoms with van der Waals surface area (Å²) in [5.41, 5.74) is 1.03. The number of nitrogens with zero attached hydrogens (tertiary/aromatic N) is 1. The van der Waals surface area contributed by atoms with Gasteiger partial charge >= 0.3 is 18.0 Å². The second-order valence-electron chi connectivity index (χ2n) is 9.69. The van der Waals surface area contributed by atoms with E-state index in [1.165, 1.54) is 17.0 Å². The summed E-state index contributed by atoms with van der Waals surface area (Å²) in [6.07, 6.45) is 0.0141. The molecule has 0 radical (unpaired) electrons. The minimum Gasteiger partial charge on any atom is -0.481 e. The van der Waals surface area contributed by atoms with Crippen LogP contribution in [0.3, 0.4) is 0 Å². The van der Waals surface area contributed by atoms with Crippen LogP contribution in [0.1, 0.15) is 49.7 Å². The van der Waals surface area contributed by atoms with Crippen molar-refractivity contribution < 1.29 is 42.6 Å². The number of Topliss-reactive ketones (excluding diaryl/α,β-unsaturated/α-hetero) is 1. The first-order chi connectivity index (χ1) is 19.6. The fourth-order valence-corrected chi connectivity index (χ4v) is 4.56. The highest BCUT2D eigenvalue weighted by molar-refractivity contribution is 6.10. The minimum absolute atomic E-state index is 0.0181. The molecule has 0 spiro atoms. The average Bonchev–Trinajstić information content (AvgIpc) is 3.46. The highest BCUT2D eigenvalue weighted by atomic mass is 19.3. The summed E-state index contributed by atoms with van der Waals surface area (Å²) in [6.45, 7) is 1.14. The molecule has 41 heavy (non-hydrogen) atoms. The Labute approximate surface area is 236 Å². The van der Waals surface area contributed by atoms with Crippen molar-refractivity contribution in [2.75, 3.05) is 13.1 Å². The number of amides is 3. The molecule has 0 aliphatic carbocycles. The number of hydrogen-bond acceptors (Lipinski definition) is 6. The summed E-state index contributed by atoms with van der Waals surface area (Å²) in [5.74, 6) is -11.8. The molecule has 2 aromatic rings. The number of rotatable bonds is 13. The van der Waals surface area contributed by atoms with Crippen molar-refractivity contribution in [2.24, 2.45) is 0 Å². The first kappa shape index (κ1) is 31.2. The summed E-state index contributed by atoms with van der Waals surface area (Å²) in [6, 6.07) is 13.9. The molecular weight excluding hydrogens is 540 g/mol. The van der Waals surface area contributed by atoms with E-state index in [4.69, 9.17) is 4.74 Å². The Bertz CT molecular complexity index is 1230. The Morgan fingerprint density at radius 3 is 2.29 bits per heavy atom. The molecule has 12 heteroatoms. The summed E-state index contributed by atoms with van der Waals surface area (Å²) >= 11 is 0. The van der Waals surface area contributed by atoms with Gasteiger partial charge in [-0.15, -0.1) is 0 Å². The van der Waals surface area contributed by atoms with Crippen LogP contribution in [0.4, 0.5) is 13.6 Å². The molecule has 3 rings (SSSR count). The number of ether oxygens (including phenoxy) is 1. The first-order valence-corrected chi connectivity index (χ1v) is 13.3. The van der Waals surface area contributed by atoms with Gasteiger partial charge in [0.1, 0.15) is 12.6 Å². The molecule has 3 unspecified atom stereocenters. The molecular formula is C29H33F2N3O7. The zero-order valence-electron chi connectivity index (χ0n) is 22.6. The lowest BCUT2D eigenvalue weighted by atomic mass is 9.98. The van der Waals surface area contributed by atoms with Gasteiger partial charge in [0.05, 0.1) is 12.0 Å². The van der Waals surface area contributed by atoms with Gasteiger partial charge in [-0.05, 0) is 30.4 Å². The number of carbonyl (C=O) groups excluding carboxylic acids is 4. The molecule has 3 amide bonds. The smallest absolute Gasteiger partial charge is 0.410 e. The van der Waals surface area contributed by atoms with Crippen molar-refractivity contribution in [3.05, 3.63) is 71.8 Å². The van der Waals surface area contributed by atoms with Crippen LogP contribution in [0.15, 0.2) is 60.7 Å². The number of nitrogens with one attached hydrogen (secondary N) is 2. The molecule has 220 valence electrons. The second kappa shape index (κ2) is 14.3. The van der Waals surface area contributed by atoms with Gasteiger partial charge in [0.25, 0.3) is 5.91 Å². The van der Waals surface area contributed by atoms with Gasteiger partial charge < -0.3 is 20.5 Å². The van der Waals surface area contributed by atoms with E-state index in [0.29, 0.717) is 6.42 Å². The zero-order valence-corrected chi connectivity index (χ0v) is 22.6. The number of carboxylic acid groups (broad SMARTS) is 1. The lowest BCUT2D eigenvalue weighted by molar-refractivity contribution is -0.160. The normalized spacial score (nSPS) is 16.4. The van der Waals surface area contributed by atoms with E-state index in [-0.39, 0.29) is 38.0 Å². The Kier molecular flexibility index (Phi) is 10.9. The standard InChI is InChI=1S/C29H33F2N3O7/c1-2-10-22(24(35)29(30,31)27(39)32-17-21(26(37)38)20-13-7-4-8-14-20)33-25(36)23-15-9-16-34(23)28(40)41-18-19-11-5-3-6-12-19/h3-8,11-14,21-23H,2,9-10,15-18H2,1H3,(H,32,39)(H,33,36)(H,37,38). The van der Waals surface area contributed by atoms with Crippen LogP contribution in [0, 0.1) is 0 Å². The maximum atomic E-state index is 15.0. The van der Waals surface area contributed by atoms with Gasteiger partial charge in [0, 0.05) is 13.1 Å². The molecule has 1 fully saturated rings. The van der Waals surface area contributed by atoms with Gasteiger partial charge in [-0.25, -0.2) is 4.79 Å². The van der Waals surface area contributed by atoms with Crippen molar-refractivity contribution in [3.8, 4) is 0 Å². The number of alkyl halides is 2. The van der Waals surface area contributed by atoms with Gasteiger partial charge in [0.2, 0.25) is 11.7 Å². The summed E-state index contributed by atoms with van der Waals surface area (Å²) < 4.78 is 35.3. The van der Waals surface area contributed by atoms with Crippen LogP contribution >= 0.6 is 0 Å². The molecule has 10 nitrogen and oxygen atoms in total. The highest BCUT2D eigenvalue weighted by Crippen LogP contribution is 2.23. The van der Waals surface area contributed by atoms with Crippen LogP contribution in [0.25, 0.3) is 0 Å². The third-order valence-electron chi connectivity index (χ3n) is 6.77. The third-order valence-corrected chi connectivity index (χ3v) is 6.77. The van der Waals surface area contributed by atoms with E-state index >= 15 is 0 Å². The number of halogens is 2. The molecule has 0 saturated carbocycles. The predicted octanol–water partition coefficient (Wildman–Crippen LogP) is 3.26. The van der Waals surface area contributed by atoms with E-state index in [0.717, 1.165) is 5.56 Å². The summed E-state index contributed by atoms with van der Waals surface area (Å²) in [5, 5.41) is 13.6. The molecule has 0 aromatic heterocycles. The Morgan fingerprint density at radius 2 is 1.68 bits per heavy atom. The number of hydrogen-bond donors (Lipinski definition) is 3. The van der Waals surface area contributed by atoms with Crippen LogP contribution in [-0.4, -0.2) is 70.8 Å². The Balaban J connectivity index is 1.63. The van der Waals surface area contributed by atoms with Crippen molar-refractivity contribution in [2.45, 2.75) is 63.1 Å². The van der Waals surface area contributed by atoms with Gasteiger partial charge in [-0.1, -0.05) is 74.0 Å². The Morgan fingerprint density at radius 1 is 1.05 bits per heavy atom. The van der Waals surface area contributed by atoms with E-state index in [2.05, 4.69) is 5.32 Å². The lowest BCUT2D eigenvalue weighted by Gasteiger charge is -2.27. The van der Waals surface area contributed by atoms with E-state index in [9.17, 15) is 37.9 Å². The zero-order chi connectivity index (χ0) is 30.0. The number of ketones is 1. The molecule has 0 bridgehead atoms. The van der Waals surface area contributed by atoms with Crippen molar-refractivity contribution >= 4 is 29.7 Å². The molecule has 2 aromatic carbocycles. The maximum Gasteiger partial charge on any atom is 0.410 e. The second-order valence-corrected chi connectivity index (χ2v) is 9.69. The summed E-state index contributed by atoms with van der Waals surface area (Å²) in [7, 11) is 0. The first-order valence-electron chi connectivity index (χ1n) is 13.3. The van der Waals surface area contributed by atoms with E-state index in [1.807, 2.05) is 11.4 Å². The monoisotopic (exact) mass is 573 g/mol. The molecule has 3 N–H and O–H groups in total. The molecule has 3 atom stereocenters. The van der Waals surface area contributed by atoms with Crippen LogP contribution in [0.5, 0.6) is 0 Å². The van der Waals surface area contributed by atoms with Crippen LogP contribution < -0.4 is 10.6 Å². The van der Waals surface area contributed by atoms with E-state index in [1.54, 1.807) is 49.4 Å².